The Bertz CT molecular complexity index is 588. The van der Waals surface area contributed by atoms with Crippen LogP contribution in [0.3, 0.4) is 0 Å². The molecule has 9 heteroatoms. The first-order valence-electron chi connectivity index (χ1n) is 6.02. The maximum Gasteiger partial charge on any atom is 0.311 e. The number of pyridine rings is 1. The lowest BCUT2D eigenvalue weighted by Crippen LogP contribution is -2.26. The monoisotopic (exact) mass is 302 g/mol. The van der Waals surface area contributed by atoms with Crippen LogP contribution in [0.15, 0.2) is 12.1 Å². The number of hydrogen-bond donors (Lipinski definition) is 1. The molecule has 8 nitrogen and oxygen atoms in total. The van der Waals surface area contributed by atoms with Gasteiger partial charge >= 0.3 is 5.69 Å². The van der Waals surface area contributed by atoms with Crippen LogP contribution < -0.4 is 10.2 Å². The third kappa shape index (κ3) is 4.65. The molecule has 0 aliphatic heterocycles. The van der Waals surface area contributed by atoms with Crippen molar-refractivity contribution in [1.29, 1.82) is 0 Å². The van der Waals surface area contributed by atoms with Gasteiger partial charge in [0.2, 0.25) is 5.82 Å². The molecule has 0 aliphatic rings. The maximum atomic E-state index is 11.2. The van der Waals surface area contributed by atoms with Crippen LogP contribution in [0.25, 0.3) is 0 Å². The maximum absolute atomic E-state index is 11.2. The van der Waals surface area contributed by atoms with Crippen LogP contribution in [0.4, 0.5) is 17.3 Å². The summed E-state index contributed by atoms with van der Waals surface area (Å²) in [5, 5.41) is 14.0. The Kier molecular flexibility index (Phi) is 5.26. The molecule has 0 radical (unpaired) electrons. The summed E-state index contributed by atoms with van der Waals surface area (Å²) < 4.78 is 22.3. The lowest BCUT2D eigenvalue weighted by molar-refractivity contribution is -0.384. The van der Waals surface area contributed by atoms with E-state index in [1.54, 1.807) is 7.05 Å². The minimum Gasteiger partial charge on any atom is -0.370 e. The molecule has 0 unspecified atom stereocenters. The van der Waals surface area contributed by atoms with Crippen molar-refractivity contribution in [3.05, 3.63) is 22.2 Å². The molecule has 1 heterocycles. The van der Waals surface area contributed by atoms with E-state index < -0.39 is 14.8 Å². The molecule has 1 aromatic heterocycles. The van der Waals surface area contributed by atoms with Crippen molar-refractivity contribution < 1.29 is 13.3 Å². The highest BCUT2D eigenvalue weighted by Crippen LogP contribution is 2.26. The summed E-state index contributed by atoms with van der Waals surface area (Å²) >= 11 is 0. The van der Waals surface area contributed by atoms with E-state index >= 15 is 0 Å². The smallest absolute Gasteiger partial charge is 0.311 e. The highest BCUT2D eigenvalue weighted by Gasteiger charge is 2.20. The Morgan fingerprint density at radius 3 is 2.60 bits per heavy atom. The zero-order valence-corrected chi connectivity index (χ0v) is 12.5. The van der Waals surface area contributed by atoms with Crippen LogP contribution in [0.1, 0.15) is 6.92 Å². The molecular formula is C11H18N4O4S. The molecule has 0 atom stereocenters. The van der Waals surface area contributed by atoms with Crippen molar-refractivity contribution in [3.63, 3.8) is 0 Å². The lowest BCUT2D eigenvalue weighted by Gasteiger charge is -2.18. The molecule has 0 saturated carbocycles. The van der Waals surface area contributed by atoms with Gasteiger partial charge in [0.25, 0.3) is 0 Å². The number of sulfone groups is 1. The van der Waals surface area contributed by atoms with Gasteiger partial charge in [0, 0.05) is 32.5 Å². The fraction of sp³-hybridized carbons (Fsp3) is 0.545. The van der Waals surface area contributed by atoms with Crippen LogP contribution >= 0.6 is 0 Å². The molecule has 0 aliphatic carbocycles. The van der Waals surface area contributed by atoms with E-state index in [2.05, 4.69) is 10.3 Å². The Hall–Kier alpha value is -1.90. The van der Waals surface area contributed by atoms with Crippen LogP contribution in [0, 0.1) is 10.1 Å². The van der Waals surface area contributed by atoms with Gasteiger partial charge < -0.3 is 10.2 Å². The van der Waals surface area contributed by atoms with Crippen molar-refractivity contribution in [3.8, 4) is 0 Å². The van der Waals surface area contributed by atoms with E-state index in [-0.39, 0.29) is 23.8 Å². The van der Waals surface area contributed by atoms with Gasteiger partial charge in [0.1, 0.15) is 15.7 Å². The molecule has 1 N–H and O–H groups in total. The van der Waals surface area contributed by atoms with Gasteiger partial charge in [-0.2, -0.15) is 0 Å². The van der Waals surface area contributed by atoms with Gasteiger partial charge in [-0.25, -0.2) is 13.4 Å². The van der Waals surface area contributed by atoms with Gasteiger partial charge in [0.15, 0.2) is 0 Å². The van der Waals surface area contributed by atoms with Crippen molar-refractivity contribution >= 4 is 27.2 Å². The summed E-state index contributed by atoms with van der Waals surface area (Å²) in [5.74, 6) is 0.574. The van der Waals surface area contributed by atoms with E-state index in [0.717, 1.165) is 6.26 Å². The number of aromatic nitrogens is 1. The zero-order valence-electron chi connectivity index (χ0n) is 11.7. The van der Waals surface area contributed by atoms with Crippen LogP contribution in [0.2, 0.25) is 0 Å². The molecule has 0 saturated heterocycles. The van der Waals surface area contributed by atoms with E-state index in [4.69, 9.17) is 0 Å². The normalized spacial score (nSPS) is 11.2. The number of anilines is 2. The summed E-state index contributed by atoms with van der Waals surface area (Å²) in [5.41, 5.74) is -0.150. The van der Waals surface area contributed by atoms with Crippen LogP contribution in [0.5, 0.6) is 0 Å². The largest absolute Gasteiger partial charge is 0.370 e. The van der Waals surface area contributed by atoms with Crippen molar-refractivity contribution in [2.45, 2.75) is 6.92 Å². The molecule has 0 aromatic carbocycles. The standard InChI is InChI=1S/C11H18N4O4S/c1-4-12-10-6-5-9(15(16)17)11(13-10)14(2)7-8-20(3,18)19/h5-6H,4,7-8H2,1-3H3,(H,12,13). The van der Waals surface area contributed by atoms with Gasteiger partial charge in [-0.15, -0.1) is 0 Å². The van der Waals surface area contributed by atoms with Gasteiger partial charge in [-0.05, 0) is 13.0 Å². The second kappa shape index (κ2) is 6.51. The van der Waals surface area contributed by atoms with E-state index in [1.807, 2.05) is 6.92 Å². The second-order valence-electron chi connectivity index (χ2n) is 4.38. The van der Waals surface area contributed by atoms with E-state index in [1.165, 1.54) is 17.0 Å². The molecule has 0 fully saturated rings. The van der Waals surface area contributed by atoms with Crippen LogP contribution in [-0.2, 0) is 9.84 Å². The van der Waals surface area contributed by atoms with Crippen molar-refractivity contribution in [2.24, 2.45) is 0 Å². The van der Waals surface area contributed by atoms with Crippen molar-refractivity contribution in [1.82, 2.24) is 4.98 Å². The van der Waals surface area contributed by atoms with Gasteiger partial charge in [-0.3, -0.25) is 10.1 Å². The first-order chi connectivity index (χ1) is 9.24. The average Bonchev–Trinajstić information content (AvgIpc) is 2.35. The molecule has 0 amide bonds. The fourth-order valence-electron chi connectivity index (χ4n) is 1.55. The number of nitro groups is 1. The quantitative estimate of drug-likeness (QED) is 0.589. The zero-order chi connectivity index (χ0) is 15.3. The predicted octanol–water partition coefficient (Wildman–Crippen LogP) is 0.902. The molecular weight excluding hydrogens is 284 g/mol. The number of hydrogen-bond acceptors (Lipinski definition) is 7. The van der Waals surface area contributed by atoms with Gasteiger partial charge in [0.05, 0.1) is 10.7 Å². The minimum atomic E-state index is -3.14. The Morgan fingerprint density at radius 1 is 1.45 bits per heavy atom. The lowest BCUT2D eigenvalue weighted by atomic mass is 10.3. The Labute approximate surface area is 117 Å². The summed E-state index contributed by atoms with van der Waals surface area (Å²) in [6, 6.07) is 2.88. The molecule has 112 valence electrons. The average molecular weight is 302 g/mol. The van der Waals surface area contributed by atoms with E-state index in [0.29, 0.717) is 12.4 Å². The summed E-state index contributed by atoms with van der Waals surface area (Å²) in [6.45, 7) is 2.66. The number of nitrogens with zero attached hydrogens (tertiary/aromatic N) is 3. The van der Waals surface area contributed by atoms with E-state index in [9.17, 15) is 18.5 Å². The first kappa shape index (κ1) is 16.2. The predicted molar refractivity (Wildman–Crippen MR) is 78.0 cm³/mol. The highest BCUT2D eigenvalue weighted by atomic mass is 32.2. The number of rotatable bonds is 7. The van der Waals surface area contributed by atoms with Crippen LogP contribution in [-0.4, -0.2) is 50.5 Å². The second-order valence-corrected chi connectivity index (χ2v) is 6.64. The number of nitrogens with one attached hydrogen (secondary N) is 1. The molecule has 0 spiro atoms. The highest BCUT2D eigenvalue weighted by molar-refractivity contribution is 7.90. The SMILES string of the molecule is CCNc1ccc([N+](=O)[O-])c(N(C)CCS(C)(=O)=O)n1. The minimum absolute atomic E-state index is 0.0895. The molecule has 1 rings (SSSR count). The summed E-state index contributed by atoms with van der Waals surface area (Å²) in [7, 11) is -1.56. The summed E-state index contributed by atoms with van der Waals surface area (Å²) in [6.07, 6.45) is 1.12. The third-order valence-corrected chi connectivity index (χ3v) is 3.49. The van der Waals surface area contributed by atoms with Crippen molar-refractivity contribution in [2.75, 3.05) is 42.4 Å². The molecule has 0 bridgehead atoms. The fourth-order valence-corrected chi connectivity index (χ4v) is 2.16. The first-order valence-corrected chi connectivity index (χ1v) is 8.09. The molecule has 1 aromatic rings. The molecule has 20 heavy (non-hydrogen) atoms. The Morgan fingerprint density at radius 2 is 2.10 bits per heavy atom. The Balaban J connectivity index is 3.05. The van der Waals surface area contributed by atoms with Gasteiger partial charge in [-0.1, -0.05) is 0 Å². The third-order valence-electron chi connectivity index (χ3n) is 2.57. The topological polar surface area (TPSA) is 105 Å². The summed E-state index contributed by atoms with van der Waals surface area (Å²) in [4.78, 5) is 16.1.